The molecule has 4 nitrogen and oxygen atoms in total. The van der Waals surface area contributed by atoms with Crippen molar-refractivity contribution in [3.05, 3.63) is 34.6 Å². The first-order valence-electron chi connectivity index (χ1n) is 7.53. The summed E-state index contributed by atoms with van der Waals surface area (Å²) in [6.07, 6.45) is 3.31. The molecule has 1 saturated heterocycles. The smallest absolute Gasteiger partial charge is 0.262 e. The van der Waals surface area contributed by atoms with Gasteiger partial charge in [-0.15, -0.1) is 0 Å². The van der Waals surface area contributed by atoms with Crippen LogP contribution in [0, 0.1) is 0 Å². The summed E-state index contributed by atoms with van der Waals surface area (Å²) in [4.78, 5) is 17.4. The number of fused-ring (bicyclic) bond motifs is 1. The number of hydrogen-bond acceptors (Lipinski definition) is 4. The Labute approximate surface area is 128 Å². The molecule has 1 aromatic heterocycles. The summed E-state index contributed by atoms with van der Waals surface area (Å²) in [6, 6.07) is 7.57. The van der Waals surface area contributed by atoms with Crippen LogP contribution in [-0.2, 0) is 11.3 Å². The molecule has 0 radical (unpaired) electrons. The third kappa shape index (κ3) is 3.14. The van der Waals surface area contributed by atoms with Crippen LogP contribution in [0.1, 0.15) is 26.2 Å². The van der Waals surface area contributed by atoms with E-state index in [1.54, 1.807) is 16.3 Å². The van der Waals surface area contributed by atoms with E-state index in [0.717, 1.165) is 42.3 Å². The Morgan fingerprint density at radius 3 is 3.05 bits per heavy atom. The normalized spacial score (nSPS) is 18.4. The Balaban J connectivity index is 2.04. The fraction of sp³-hybridized carbons (Fsp3) is 0.500. The van der Waals surface area contributed by atoms with Crippen molar-refractivity contribution in [2.75, 3.05) is 12.4 Å². The van der Waals surface area contributed by atoms with Crippen LogP contribution in [0.2, 0.25) is 0 Å². The van der Waals surface area contributed by atoms with Crippen LogP contribution in [0.15, 0.2) is 34.2 Å². The number of ether oxygens (including phenoxy) is 1. The van der Waals surface area contributed by atoms with Gasteiger partial charge in [0.05, 0.1) is 23.6 Å². The summed E-state index contributed by atoms with van der Waals surface area (Å²) in [5.74, 6) is 0.969. The number of benzene rings is 1. The fourth-order valence-corrected chi connectivity index (χ4v) is 3.47. The van der Waals surface area contributed by atoms with Gasteiger partial charge in [-0.1, -0.05) is 30.8 Å². The van der Waals surface area contributed by atoms with Crippen LogP contribution in [0.4, 0.5) is 0 Å². The molecular formula is C16H20N2O2S. The van der Waals surface area contributed by atoms with E-state index in [-0.39, 0.29) is 11.7 Å². The lowest BCUT2D eigenvalue weighted by Gasteiger charge is -2.16. The average molecular weight is 304 g/mol. The molecule has 0 saturated carbocycles. The monoisotopic (exact) mass is 304 g/mol. The molecule has 112 valence electrons. The van der Waals surface area contributed by atoms with Gasteiger partial charge in [-0.2, -0.15) is 0 Å². The van der Waals surface area contributed by atoms with E-state index in [1.165, 1.54) is 0 Å². The first-order valence-corrected chi connectivity index (χ1v) is 8.52. The summed E-state index contributed by atoms with van der Waals surface area (Å²) in [7, 11) is 0. The lowest BCUT2D eigenvalue weighted by Crippen LogP contribution is -2.28. The van der Waals surface area contributed by atoms with E-state index < -0.39 is 0 Å². The third-order valence-electron chi connectivity index (χ3n) is 3.67. The minimum Gasteiger partial charge on any atom is -0.376 e. The van der Waals surface area contributed by atoms with Gasteiger partial charge in [-0.3, -0.25) is 9.36 Å². The van der Waals surface area contributed by atoms with Crippen LogP contribution < -0.4 is 5.56 Å². The highest BCUT2D eigenvalue weighted by molar-refractivity contribution is 7.99. The quantitative estimate of drug-likeness (QED) is 0.629. The van der Waals surface area contributed by atoms with Crippen molar-refractivity contribution < 1.29 is 4.74 Å². The van der Waals surface area contributed by atoms with Gasteiger partial charge in [0.15, 0.2) is 5.16 Å². The van der Waals surface area contributed by atoms with E-state index in [9.17, 15) is 4.79 Å². The summed E-state index contributed by atoms with van der Waals surface area (Å²) < 4.78 is 7.49. The third-order valence-corrected chi connectivity index (χ3v) is 4.85. The maximum Gasteiger partial charge on any atom is 0.262 e. The van der Waals surface area contributed by atoms with Crippen LogP contribution in [0.5, 0.6) is 0 Å². The molecule has 5 heteroatoms. The lowest BCUT2D eigenvalue weighted by molar-refractivity contribution is 0.0937. The van der Waals surface area contributed by atoms with Gasteiger partial charge < -0.3 is 4.74 Å². The summed E-state index contributed by atoms with van der Waals surface area (Å²) in [6.45, 7) is 3.55. The molecule has 2 heterocycles. The zero-order valence-corrected chi connectivity index (χ0v) is 13.1. The van der Waals surface area contributed by atoms with E-state index in [2.05, 4.69) is 11.9 Å². The Morgan fingerprint density at radius 2 is 2.29 bits per heavy atom. The Morgan fingerprint density at radius 1 is 1.43 bits per heavy atom. The Kier molecular flexibility index (Phi) is 4.60. The fourth-order valence-electron chi connectivity index (χ4n) is 2.60. The lowest BCUT2D eigenvalue weighted by atomic mass is 10.2. The maximum atomic E-state index is 12.8. The van der Waals surface area contributed by atoms with Crippen LogP contribution in [0.3, 0.4) is 0 Å². The second kappa shape index (κ2) is 6.62. The number of thioether (sulfide) groups is 1. The summed E-state index contributed by atoms with van der Waals surface area (Å²) >= 11 is 1.66. The average Bonchev–Trinajstić information content (AvgIpc) is 3.01. The van der Waals surface area contributed by atoms with Crippen molar-refractivity contribution in [3.63, 3.8) is 0 Å². The van der Waals surface area contributed by atoms with E-state index >= 15 is 0 Å². The molecule has 1 unspecified atom stereocenters. The van der Waals surface area contributed by atoms with Crippen molar-refractivity contribution >= 4 is 22.7 Å². The molecular weight excluding hydrogens is 284 g/mol. The molecule has 1 atom stereocenters. The zero-order chi connectivity index (χ0) is 14.7. The van der Waals surface area contributed by atoms with Gasteiger partial charge in [-0.05, 0) is 31.4 Å². The molecule has 1 aliphatic heterocycles. The van der Waals surface area contributed by atoms with Crippen LogP contribution >= 0.6 is 11.8 Å². The molecule has 2 aromatic rings. The van der Waals surface area contributed by atoms with Crippen molar-refractivity contribution in [2.24, 2.45) is 0 Å². The second-order valence-corrected chi connectivity index (χ2v) is 6.37. The van der Waals surface area contributed by atoms with Crippen molar-refractivity contribution in [1.29, 1.82) is 0 Å². The largest absolute Gasteiger partial charge is 0.376 e. The van der Waals surface area contributed by atoms with Gasteiger partial charge in [-0.25, -0.2) is 4.98 Å². The van der Waals surface area contributed by atoms with E-state index in [1.807, 2.05) is 24.3 Å². The van der Waals surface area contributed by atoms with Gasteiger partial charge >= 0.3 is 0 Å². The number of aromatic nitrogens is 2. The second-order valence-electron chi connectivity index (χ2n) is 5.31. The topological polar surface area (TPSA) is 44.1 Å². The first kappa shape index (κ1) is 14.6. The van der Waals surface area contributed by atoms with Crippen LogP contribution in [-0.4, -0.2) is 28.0 Å². The molecule has 0 aliphatic carbocycles. The number of nitrogens with zero attached hydrogens (tertiary/aromatic N) is 2. The zero-order valence-electron chi connectivity index (χ0n) is 12.2. The minimum atomic E-state index is 0.0507. The SMILES string of the molecule is CCCSc1nc2ccccc2c(=O)n1CC1CCCO1. The standard InChI is InChI=1S/C16H20N2O2S/c1-2-10-21-16-17-14-8-4-3-7-13(14)15(19)18(16)11-12-6-5-9-20-12/h3-4,7-8,12H,2,5-6,9-11H2,1H3. The van der Waals surface area contributed by atoms with E-state index in [0.29, 0.717) is 11.9 Å². The number of rotatable bonds is 5. The molecule has 0 amide bonds. The van der Waals surface area contributed by atoms with Crippen molar-refractivity contribution in [2.45, 2.75) is 44.0 Å². The molecule has 1 aliphatic rings. The predicted octanol–water partition coefficient (Wildman–Crippen LogP) is 3.08. The molecule has 0 bridgehead atoms. The summed E-state index contributed by atoms with van der Waals surface area (Å²) in [5.41, 5.74) is 0.833. The first-order chi connectivity index (χ1) is 10.3. The van der Waals surface area contributed by atoms with Gasteiger partial charge in [0.25, 0.3) is 5.56 Å². The highest BCUT2D eigenvalue weighted by atomic mass is 32.2. The number of para-hydroxylation sites is 1. The minimum absolute atomic E-state index is 0.0507. The molecule has 1 fully saturated rings. The van der Waals surface area contributed by atoms with E-state index in [4.69, 9.17) is 4.74 Å². The molecule has 0 N–H and O–H groups in total. The molecule has 1 aromatic carbocycles. The van der Waals surface area contributed by atoms with Gasteiger partial charge in [0, 0.05) is 12.4 Å². The van der Waals surface area contributed by atoms with Crippen LogP contribution in [0.25, 0.3) is 10.9 Å². The molecule has 21 heavy (non-hydrogen) atoms. The maximum absolute atomic E-state index is 12.8. The van der Waals surface area contributed by atoms with Crippen molar-refractivity contribution in [3.8, 4) is 0 Å². The highest BCUT2D eigenvalue weighted by Crippen LogP contribution is 2.21. The predicted molar refractivity (Wildman–Crippen MR) is 86.0 cm³/mol. The Bertz CT molecular complexity index is 678. The summed E-state index contributed by atoms with van der Waals surface area (Å²) in [5, 5.41) is 1.51. The highest BCUT2D eigenvalue weighted by Gasteiger charge is 2.19. The van der Waals surface area contributed by atoms with Gasteiger partial charge in [0.2, 0.25) is 0 Å². The van der Waals surface area contributed by atoms with Crippen molar-refractivity contribution in [1.82, 2.24) is 9.55 Å². The van der Waals surface area contributed by atoms with Gasteiger partial charge in [0.1, 0.15) is 0 Å². The Hall–Kier alpha value is -1.33. The molecule has 0 spiro atoms. The molecule has 3 rings (SSSR count). The number of hydrogen-bond donors (Lipinski definition) is 0.